The van der Waals surface area contributed by atoms with E-state index in [1.807, 2.05) is 18.2 Å². The summed E-state index contributed by atoms with van der Waals surface area (Å²) in [5.41, 5.74) is 1.95. The van der Waals surface area contributed by atoms with E-state index in [2.05, 4.69) is 19.9 Å². The Hall–Kier alpha value is -1.06. The Kier molecular flexibility index (Phi) is 5.87. The highest BCUT2D eigenvalue weighted by atomic mass is 35.7. The average Bonchev–Trinajstić information content (AvgIpc) is 2.49. The van der Waals surface area contributed by atoms with Gasteiger partial charge in [0.25, 0.3) is 9.05 Å². The summed E-state index contributed by atoms with van der Waals surface area (Å²) in [7, 11) is 1.99. The lowest BCUT2D eigenvalue weighted by molar-refractivity contribution is 0.608. The zero-order valence-electron chi connectivity index (χ0n) is 13.2. The first-order valence-corrected chi connectivity index (χ1v) is 10.3. The Morgan fingerprint density at radius 1 is 0.955 bits per heavy atom. The predicted octanol–water partition coefficient (Wildman–Crippen LogP) is 5.45. The number of benzene rings is 2. The highest BCUT2D eigenvalue weighted by Gasteiger charge is 2.20. The van der Waals surface area contributed by atoms with E-state index in [-0.39, 0.29) is 0 Å². The van der Waals surface area contributed by atoms with Crippen LogP contribution in [0.4, 0.5) is 0 Å². The fraction of sp³-hybridized carbons (Fsp3) is 0.444. The molecule has 0 amide bonds. The van der Waals surface area contributed by atoms with Gasteiger partial charge in [0.15, 0.2) is 0 Å². The molecule has 22 heavy (non-hydrogen) atoms. The maximum absolute atomic E-state index is 12.1. The summed E-state index contributed by atoms with van der Waals surface area (Å²) >= 11 is 0. The Bertz CT molecular complexity index is 751. The number of hydrogen-bond donors (Lipinski definition) is 0. The van der Waals surface area contributed by atoms with Crippen molar-refractivity contribution in [3.8, 4) is 0 Å². The molecule has 0 aliphatic rings. The fourth-order valence-electron chi connectivity index (χ4n) is 2.89. The van der Waals surface area contributed by atoms with Crippen LogP contribution in [0.1, 0.15) is 50.7 Å². The lowest BCUT2D eigenvalue weighted by Crippen LogP contribution is -2.03. The van der Waals surface area contributed by atoms with Gasteiger partial charge in [0.2, 0.25) is 0 Å². The van der Waals surface area contributed by atoms with Gasteiger partial charge in [0, 0.05) is 10.7 Å². The number of halogens is 1. The van der Waals surface area contributed by atoms with Gasteiger partial charge in [-0.2, -0.15) is 0 Å². The molecule has 4 heteroatoms. The normalized spacial score (nSPS) is 12.0. The van der Waals surface area contributed by atoms with Gasteiger partial charge >= 0.3 is 0 Å². The van der Waals surface area contributed by atoms with Gasteiger partial charge in [-0.1, -0.05) is 51.0 Å². The standard InChI is InChI=1S/C18H23ClO2S/c1-3-5-9-14-13-18(22(19,20)21)17(10-6-4-2)16-12-8-7-11-15(14)16/h7-8,11-13H,3-6,9-10H2,1-2H3. The van der Waals surface area contributed by atoms with E-state index in [0.29, 0.717) is 4.90 Å². The summed E-state index contributed by atoms with van der Waals surface area (Å²) < 4.78 is 24.1. The Labute approximate surface area is 137 Å². The van der Waals surface area contributed by atoms with Gasteiger partial charge in [0.1, 0.15) is 0 Å². The molecule has 2 aromatic carbocycles. The van der Waals surface area contributed by atoms with E-state index in [1.165, 1.54) is 0 Å². The third-order valence-electron chi connectivity index (χ3n) is 4.04. The average molecular weight is 339 g/mol. The van der Waals surface area contributed by atoms with Gasteiger partial charge in [-0.15, -0.1) is 0 Å². The van der Waals surface area contributed by atoms with Crippen molar-refractivity contribution >= 4 is 30.5 Å². The van der Waals surface area contributed by atoms with Crippen molar-refractivity contribution < 1.29 is 8.42 Å². The third kappa shape index (κ3) is 3.82. The molecule has 0 radical (unpaired) electrons. The molecule has 0 N–H and O–H groups in total. The van der Waals surface area contributed by atoms with Gasteiger partial charge < -0.3 is 0 Å². The molecule has 0 aromatic heterocycles. The number of unbranched alkanes of at least 4 members (excludes halogenated alkanes) is 2. The van der Waals surface area contributed by atoms with Crippen LogP contribution in [0.25, 0.3) is 10.8 Å². The molecule has 0 bridgehead atoms. The summed E-state index contributed by atoms with van der Waals surface area (Å²) in [6, 6.07) is 9.87. The first kappa shape index (κ1) is 17.3. The number of fused-ring (bicyclic) bond motifs is 1. The first-order chi connectivity index (χ1) is 10.5. The van der Waals surface area contributed by atoms with E-state index in [1.54, 1.807) is 6.07 Å². The smallest absolute Gasteiger partial charge is 0.207 e. The first-order valence-electron chi connectivity index (χ1n) is 7.97. The highest BCUT2D eigenvalue weighted by molar-refractivity contribution is 8.13. The summed E-state index contributed by atoms with van der Waals surface area (Å²) in [5.74, 6) is 0. The van der Waals surface area contributed by atoms with Crippen molar-refractivity contribution in [1.82, 2.24) is 0 Å². The second-order valence-electron chi connectivity index (χ2n) is 5.70. The minimum Gasteiger partial charge on any atom is -0.207 e. The Morgan fingerprint density at radius 2 is 1.55 bits per heavy atom. The number of hydrogen-bond acceptors (Lipinski definition) is 2. The van der Waals surface area contributed by atoms with Crippen LogP contribution in [0.15, 0.2) is 35.2 Å². The lowest BCUT2D eigenvalue weighted by Gasteiger charge is -2.15. The van der Waals surface area contributed by atoms with Crippen LogP contribution in [0.2, 0.25) is 0 Å². The zero-order chi connectivity index (χ0) is 16.2. The van der Waals surface area contributed by atoms with Crippen LogP contribution in [0, 0.1) is 0 Å². The number of aryl methyl sites for hydroxylation is 2. The summed E-state index contributed by atoms with van der Waals surface area (Å²) in [6.45, 7) is 4.24. The number of rotatable bonds is 7. The van der Waals surface area contributed by atoms with Crippen molar-refractivity contribution in [3.05, 3.63) is 41.5 Å². The summed E-state index contributed by atoms with van der Waals surface area (Å²) in [4.78, 5) is 0.299. The molecule has 0 heterocycles. The Balaban J connectivity index is 2.72. The van der Waals surface area contributed by atoms with E-state index in [9.17, 15) is 8.42 Å². The molecule has 0 spiro atoms. The maximum atomic E-state index is 12.1. The molecule has 2 aromatic rings. The lowest BCUT2D eigenvalue weighted by atomic mass is 9.94. The van der Waals surface area contributed by atoms with Crippen LogP contribution in [0.5, 0.6) is 0 Å². The van der Waals surface area contributed by atoms with Crippen LogP contribution >= 0.6 is 10.7 Å². The van der Waals surface area contributed by atoms with Crippen molar-refractivity contribution in [2.45, 2.75) is 57.3 Å². The Morgan fingerprint density at radius 3 is 2.14 bits per heavy atom. The minimum atomic E-state index is -3.73. The second kappa shape index (κ2) is 7.47. The molecule has 2 rings (SSSR count). The molecule has 0 unspecified atom stereocenters. The quantitative estimate of drug-likeness (QED) is 0.629. The van der Waals surface area contributed by atoms with Crippen molar-refractivity contribution in [3.63, 3.8) is 0 Å². The molecule has 0 fully saturated rings. The van der Waals surface area contributed by atoms with Crippen LogP contribution in [-0.4, -0.2) is 8.42 Å². The minimum absolute atomic E-state index is 0.299. The molecular formula is C18H23ClO2S. The predicted molar refractivity (Wildman–Crippen MR) is 94.2 cm³/mol. The van der Waals surface area contributed by atoms with Crippen molar-refractivity contribution in [2.75, 3.05) is 0 Å². The van der Waals surface area contributed by atoms with Crippen LogP contribution in [-0.2, 0) is 21.9 Å². The van der Waals surface area contributed by atoms with Gasteiger partial charge in [-0.05, 0) is 53.6 Å². The van der Waals surface area contributed by atoms with Gasteiger partial charge in [0.05, 0.1) is 4.90 Å². The largest absolute Gasteiger partial charge is 0.261 e. The molecule has 0 atom stereocenters. The maximum Gasteiger partial charge on any atom is 0.261 e. The molecular weight excluding hydrogens is 316 g/mol. The van der Waals surface area contributed by atoms with Gasteiger partial charge in [-0.3, -0.25) is 0 Å². The molecule has 120 valence electrons. The summed E-state index contributed by atoms with van der Waals surface area (Å²) in [6.07, 6.45) is 5.72. The van der Waals surface area contributed by atoms with E-state index in [0.717, 1.165) is 60.4 Å². The SMILES string of the molecule is CCCCc1cc(S(=O)(=O)Cl)c(CCCC)c2ccccc12. The van der Waals surface area contributed by atoms with E-state index < -0.39 is 9.05 Å². The zero-order valence-corrected chi connectivity index (χ0v) is 14.8. The monoisotopic (exact) mass is 338 g/mol. The molecule has 0 saturated heterocycles. The van der Waals surface area contributed by atoms with Gasteiger partial charge in [-0.25, -0.2) is 8.42 Å². The fourth-order valence-corrected chi connectivity index (χ4v) is 4.09. The highest BCUT2D eigenvalue weighted by Crippen LogP contribution is 2.33. The summed E-state index contributed by atoms with van der Waals surface area (Å²) in [5, 5.41) is 2.19. The molecule has 2 nitrogen and oxygen atoms in total. The van der Waals surface area contributed by atoms with Crippen molar-refractivity contribution in [1.29, 1.82) is 0 Å². The van der Waals surface area contributed by atoms with Crippen LogP contribution in [0.3, 0.4) is 0 Å². The molecule has 0 saturated carbocycles. The van der Waals surface area contributed by atoms with Crippen LogP contribution < -0.4 is 0 Å². The third-order valence-corrected chi connectivity index (χ3v) is 5.43. The molecule has 0 aliphatic heterocycles. The molecule has 0 aliphatic carbocycles. The van der Waals surface area contributed by atoms with E-state index in [4.69, 9.17) is 10.7 Å². The topological polar surface area (TPSA) is 34.1 Å². The second-order valence-corrected chi connectivity index (χ2v) is 8.24. The van der Waals surface area contributed by atoms with Crippen molar-refractivity contribution in [2.24, 2.45) is 0 Å². The van der Waals surface area contributed by atoms with E-state index >= 15 is 0 Å².